The van der Waals surface area contributed by atoms with E-state index in [1.807, 2.05) is 63.5 Å². The van der Waals surface area contributed by atoms with Gasteiger partial charge < -0.3 is 23.2 Å². The average molecular weight is 877 g/mol. The van der Waals surface area contributed by atoms with Crippen molar-refractivity contribution in [1.82, 2.24) is 9.80 Å². The standard InChI is InChI=1S/C52H72N2O6Si2/c1-49(2,3)59-47(55)53-36-39(35-41(53)38-58-62(52(10,11)12,44-29-21-15-22-30-44)45-31-23-16-24-32-45)46-34-33-40(54(46)48(56)60-50(4,5)6)37-57-61(51(7,8)9,42-25-17-13-18-26-42)43-27-19-14-20-28-43/h13-32,39-41,46H,33-38H2,1-12H3/t39-,40-,41-,46+/m0/s1. The third kappa shape index (κ3) is 10.1. The van der Waals surface area contributed by atoms with E-state index in [0.717, 1.165) is 12.8 Å². The van der Waals surface area contributed by atoms with Gasteiger partial charge in [0.15, 0.2) is 0 Å². The van der Waals surface area contributed by atoms with Gasteiger partial charge in [0.05, 0.1) is 25.3 Å². The number of hydrogen-bond acceptors (Lipinski definition) is 6. The molecule has 2 aliphatic rings. The Bertz CT molecular complexity index is 2000. The van der Waals surface area contributed by atoms with Gasteiger partial charge >= 0.3 is 12.2 Å². The summed E-state index contributed by atoms with van der Waals surface area (Å²) in [5.74, 6) is -0.0411. The Labute approximate surface area is 374 Å². The summed E-state index contributed by atoms with van der Waals surface area (Å²) in [4.78, 5) is 32.7. The molecule has 2 heterocycles. The highest BCUT2D eigenvalue weighted by molar-refractivity contribution is 7.00. The summed E-state index contributed by atoms with van der Waals surface area (Å²) >= 11 is 0. The zero-order chi connectivity index (χ0) is 45.1. The van der Waals surface area contributed by atoms with E-state index in [9.17, 15) is 9.59 Å². The molecule has 10 heteroatoms. The number of likely N-dealkylation sites (tertiary alicyclic amines) is 2. The van der Waals surface area contributed by atoms with Gasteiger partial charge in [-0.25, -0.2) is 9.59 Å². The van der Waals surface area contributed by atoms with Crippen molar-refractivity contribution in [2.24, 2.45) is 5.92 Å². The molecule has 2 saturated heterocycles. The van der Waals surface area contributed by atoms with E-state index in [1.165, 1.54) is 20.7 Å². The Balaban J connectivity index is 1.36. The maximum atomic E-state index is 14.6. The van der Waals surface area contributed by atoms with Gasteiger partial charge in [-0.3, -0.25) is 4.90 Å². The van der Waals surface area contributed by atoms with Gasteiger partial charge in [0.1, 0.15) is 11.2 Å². The summed E-state index contributed by atoms with van der Waals surface area (Å²) in [6, 6.07) is 41.8. The quantitative estimate of drug-likeness (QED) is 0.140. The first-order valence-electron chi connectivity index (χ1n) is 22.6. The van der Waals surface area contributed by atoms with E-state index >= 15 is 0 Å². The Morgan fingerprint density at radius 3 is 1.23 bits per heavy atom. The van der Waals surface area contributed by atoms with Crippen LogP contribution in [0.1, 0.15) is 102 Å². The van der Waals surface area contributed by atoms with Crippen molar-refractivity contribution in [3.05, 3.63) is 121 Å². The Morgan fingerprint density at radius 2 is 0.871 bits per heavy atom. The van der Waals surface area contributed by atoms with Crippen LogP contribution >= 0.6 is 0 Å². The highest BCUT2D eigenvalue weighted by Crippen LogP contribution is 2.42. The van der Waals surface area contributed by atoms with Crippen LogP contribution in [0.3, 0.4) is 0 Å². The predicted molar refractivity (Wildman–Crippen MR) is 257 cm³/mol. The van der Waals surface area contributed by atoms with Crippen molar-refractivity contribution < 1.29 is 27.9 Å². The van der Waals surface area contributed by atoms with Crippen LogP contribution in [0, 0.1) is 5.92 Å². The first-order valence-corrected chi connectivity index (χ1v) is 26.4. The molecule has 8 nitrogen and oxygen atoms in total. The lowest BCUT2D eigenvalue weighted by atomic mass is 9.95. The molecule has 2 fully saturated rings. The Morgan fingerprint density at radius 1 is 0.516 bits per heavy atom. The van der Waals surface area contributed by atoms with Crippen molar-refractivity contribution in [3.8, 4) is 0 Å². The summed E-state index contributed by atoms with van der Waals surface area (Å²) in [7, 11) is -5.83. The highest BCUT2D eigenvalue weighted by atomic mass is 28.4. The lowest BCUT2D eigenvalue weighted by Gasteiger charge is -2.44. The lowest BCUT2D eigenvalue weighted by Crippen LogP contribution is -2.67. The summed E-state index contributed by atoms with van der Waals surface area (Å²) in [5, 5.41) is 4.32. The van der Waals surface area contributed by atoms with Gasteiger partial charge in [0, 0.05) is 12.6 Å². The predicted octanol–water partition coefficient (Wildman–Crippen LogP) is 9.53. The van der Waals surface area contributed by atoms with Crippen molar-refractivity contribution in [2.45, 2.75) is 142 Å². The Kier molecular flexibility index (Phi) is 14.1. The normalized spacial score (nSPS) is 20.3. The second-order valence-corrected chi connectivity index (χ2v) is 30.0. The first kappa shape index (κ1) is 47.3. The molecule has 4 atom stereocenters. The van der Waals surface area contributed by atoms with Gasteiger partial charge in [-0.2, -0.15) is 0 Å². The first-order chi connectivity index (χ1) is 29.1. The second-order valence-electron chi connectivity index (χ2n) is 21.4. The minimum absolute atomic E-state index is 0.0411. The smallest absolute Gasteiger partial charge is 0.410 e. The largest absolute Gasteiger partial charge is 0.444 e. The van der Waals surface area contributed by atoms with Crippen LogP contribution in [0.25, 0.3) is 0 Å². The molecule has 2 aliphatic heterocycles. The van der Waals surface area contributed by atoms with Gasteiger partial charge in [0.25, 0.3) is 16.6 Å². The van der Waals surface area contributed by atoms with Gasteiger partial charge in [-0.15, -0.1) is 0 Å². The second kappa shape index (κ2) is 18.5. The topological polar surface area (TPSA) is 77.5 Å². The number of carbonyl (C=O) groups is 2. The SMILES string of the molecule is CC(C)(C)OC(=O)N1C[C@@H]([C@H]2CC[C@@H](CO[Si](c3ccccc3)(c3ccccc3)C(C)(C)C)N2C(=O)OC(C)(C)C)C[C@H]1CO[Si](c1ccccc1)(c1ccccc1)C(C)(C)C. The van der Waals surface area contributed by atoms with Gasteiger partial charge in [-0.1, -0.05) is 163 Å². The number of benzene rings is 4. The molecule has 0 bridgehead atoms. The van der Waals surface area contributed by atoms with Crippen LogP contribution in [0.4, 0.5) is 9.59 Å². The molecule has 62 heavy (non-hydrogen) atoms. The fourth-order valence-corrected chi connectivity index (χ4v) is 19.2. The van der Waals surface area contributed by atoms with Crippen LogP contribution in [0.5, 0.6) is 0 Å². The van der Waals surface area contributed by atoms with Gasteiger partial charge in [-0.05, 0) is 97.5 Å². The van der Waals surface area contributed by atoms with Crippen molar-refractivity contribution >= 4 is 49.6 Å². The average Bonchev–Trinajstić information content (AvgIpc) is 3.83. The minimum atomic E-state index is -2.93. The van der Waals surface area contributed by atoms with E-state index in [-0.39, 0.29) is 46.3 Å². The maximum Gasteiger partial charge on any atom is 0.410 e. The molecule has 4 aromatic carbocycles. The summed E-state index contributed by atoms with van der Waals surface area (Å²) in [6.07, 6.45) is 1.48. The number of ether oxygens (including phenoxy) is 2. The molecular formula is C52H72N2O6Si2. The molecule has 0 aromatic heterocycles. The number of carbonyl (C=O) groups excluding carboxylic acids is 2. The highest BCUT2D eigenvalue weighted by Gasteiger charge is 2.55. The number of hydrogen-bond donors (Lipinski definition) is 0. The van der Waals surface area contributed by atoms with Crippen molar-refractivity contribution in [1.29, 1.82) is 0 Å². The van der Waals surface area contributed by atoms with Crippen molar-refractivity contribution in [2.75, 3.05) is 19.8 Å². The fourth-order valence-electron chi connectivity index (χ4n) is 10.0. The van der Waals surface area contributed by atoms with E-state index in [0.29, 0.717) is 26.2 Å². The number of rotatable bonds is 11. The molecular weight excluding hydrogens is 805 g/mol. The van der Waals surface area contributed by atoms with Crippen LogP contribution in [0.2, 0.25) is 10.1 Å². The minimum Gasteiger partial charge on any atom is -0.444 e. The zero-order valence-electron chi connectivity index (χ0n) is 39.4. The summed E-state index contributed by atoms with van der Waals surface area (Å²) < 4.78 is 27.3. The van der Waals surface area contributed by atoms with Gasteiger partial charge in [0.2, 0.25) is 0 Å². The molecule has 2 amide bonds. The van der Waals surface area contributed by atoms with Crippen LogP contribution in [-0.4, -0.2) is 87.7 Å². The monoisotopic (exact) mass is 876 g/mol. The zero-order valence-corrected chi connectivity index (χ0v) is 41.4. The van der Waals surface area contributed by atoms with Crippen molar-refractivity contribution in [3.63, 3.8) is 0 Å². The number of amides is 2. The molecule has 0 radical (unpaired) electrons. The molecule has 0 spiro atoms. The Hall–Kier alpha value is -4.23. The van der Waals surface area contributed by atoms with E-state index < -0.39 is 27.8 Å². The third-order valence-corrected chi connectivity index (χ3v) is 22.6. The molecule has 0 unspecified atom stereocenters. The molecule has 0 aliphatic carbocycles. The van der Waals surface area contributed by atoms with Crippen LogP contribution in [-0.2, 0) is 18.3 Å². The summed E-state index contributed by atoms with van der Waals surface area (Å²) in [5.41, 5.74) is -1.38. The number of nitrogens with zero attached hydrogens (tertiary/aromatic N) is 2. The van der Waals surface area contributed by atoms with Crippen LogP contribution < -0.4 is 20.7 Å². The lowest BCUT2D eigenvalue weighted by molar-refractivity contribution is 0.00373. The molecule has 0 N–H and O–H groups in total. The molecule has 4 aromatic rings. The maximum absolute atomic E-state index is 14.6. The molecule has 334 valence electrons. The van der Waals surface area contributed by atoms with E-state index in [2.05, 4.69) is 151 Å². The van der Waals surface area contributed by atoms with E-state index in [1.54, 1.807) is 0 Å². The molecule has 6 rings (SSSR count). The summed E-state index contributed by atoms with van der Waals surface area (Å²) in [6.45, 7) is 26.3. The van der Waals surface area contributed by atoms with E-state index in [4.69, 9.17) is 18.3 Å². The van der Waals surface area contributed by atoms with Crippen LogP contribution in [0.15, 0.2) is 121 Å². The third-order valence-electron chi connectivity index (χ3n) is 12.6. The molecule has 0 saturated carbocycles. The fraction of sp³-hybridized carbons (Fsp3) is 0.500.